The maximum atomic E-state index is 10.9. The van der Waals surface area contributed by atoms with Crippen LogP contribution in [0.25, 0.3) is 0 Å². The van der Waals surface area contributed by atoms with E-state index in [4.69, 9.17) is 4.74 Å². The van der Waals surface area contributed by atoms with Gasteiger partial charge in [0.05, 0.1) is 11.5 Å². The minimum Gasteiger partial charge on any atom is -0.381 e. The van der Waals surface area contributed by atoms with Crippen molar-refractivity contribution in [2.45, 2.75) is 19.3 Å². The molecule has 0 radical (unpaired) electrons. The maximum Gasteiger partial charge on any atom is 0.272 e. The normalized spacial score (nSPS) is 16.4. The molecular weight excluding hydrogens is 244 g/mol. The molecule has 0 amide bonds. The SMILES string of the molecule is O=[N+]([O-])c1ccccc1CCOCC1CCNCC1. The Bertz CT molecular complexity index is 417. The van der Waals surface area contributed by atoms with Gasteiger partial charge in [-0.3, -0.25) is 10.1 Å². The summed E-state index contributed by atoms with van der Waals surface area (Å²) in [5.41, 5.74) is 0.936. The number of hydrogen-bond acceptors (Lipinski definition) is 4. The van der Waals surface area contributed by atoms with Crippen LogP contribution in [0, 0.1) is 16.0 Å². The zero-order valence-electron chi connectivity index (χ0n) is 11.0. The van der Waals surface area contributed by atoms with Gasteiger partial charge in [-0.15, -0.1) is 0 Å². The van der Waals surface area contributed by atoms with E-state index in [1.54, 1.807) is 18.2 Å². The van der Waals surface area contributed by atoms with Crippen LogP contribution in [0.2, 0.25) is 0 Å². The predicted octanol–water partition coefficient (Wildman–Crippen LogP) is 2.15. The highest BCUT2D eigenvalue weighted by Gasteiger charge is 2.14. The molecule has 19 heavy (non-hydrogen) atoms. The molecule has 0 atom stereocenters. The second-order valence-corrected chi connectivity index (χ2v) is 4.90. The smallest absolute Gasteiger partial charge is 0.272 e. The molecule has 0 aliphatic carbocycles. The number of nitrogens with zero attached hydrogens (tertiary/aromatic N) is 1. The fourth-order valence-corrected chi connectivity index (χ4v) is 2.38. The van der Waals surface area contributed by atoms with Crippen molar-refractivity contribution in [2.24, 2.45) is 5.92 Å². The molecule has 2 rings (SSSR count). The highest BCUT2D eigenvalue weighted by atomic mass is 16.6. The van der Waals surface area contributed by atoms with Gasteiger partial charge in [0.25, 0.3) is 5.69 Å². The van der Waals surface area contributed by atoms with Crippen LogP contribution >= 0.6 is 0 Å². The minimum atomic E-state index is -0.331. The van der Waals surface area contributed by atoms with E-state index in [-0.39, 0.29) is 10.6 Å². The summed E-state index contributed by atoms with van der Waals surface area (Å²) in [4.78, 5) is 10.5. The third-order valence-corrected chi connectivity index (χ3v) is 3.52. The molecule has 5 heteroatoms. The fourth-order valence-electron chi connectivity index (χ4n) is 2.38. The second kappa shape index (κ2) is 7.21. The Morgan fingerprint density at radius 2 is 2.05 bits per heavy atom. The summed E-state index contributed by atoms with van der Waals surface area (Å²) in [7, 11) is 0. The van der Waals surface area contributed by atoms with Gasteiger partial charge >= 0.3 is 0 Å². The molecule has 0 unspecified atom stereocenters. The van der Waals surface area contributed by atoms with E-state index in [1.165, 1.54) is 0 Å². The largest absolute Gasteiger partial charge is 0.381 e. The Morgan fingerprint density at radius 3 is 2.79 bits per heavy atom. The molecule has 0 aromatic heterocycles. The van der Waals surface area contributed by atoms with Crippen LogP contribution in [0.4, 0.5) is 5.69 Å². The van der Waals surface area contributed by atoms with E-state index >= 15 is 0 Å². The molecular formula is C14H20N2O3. The van der Waals surface area contributed by atoms with E-state index in [2.05, 4.69) is 5.32 Å². The Hall–Kier alpha value is -1.46. The first-order chi connectivity index (χ1) is 9.27. The Balaban J connectivity index is 1.74. The number of nitro groups is 1. The number of ether oxygens (including phenoxy) is 1. The van der Waals surface area contributed by atoms with Crippen molar-refractivity contribution in [3.63, 3.8) is 0 Å². The van der Waals surface area contributed by atoms with Crippen LogP contribution in [0.15, 0.2) is 24.3 Å². The summed E-state index contributed by atoms with van der Waals surface area (Å²) in [5.74, 6) is 0.631. The third-order valence-electron chi connectivity index (χ3n) is 3.52. The van der Waals surface area contributed by atoms with E-state index < -0.39 is 0 Å². The third kappa shape index (κ3) is 4.29. The lowest BCUT2D eigenvalue weighted by atomic mass is 9.99. The number of rotatable bonds is 6. The lowest BCUT2D eigenvalue weighted by Crippen LogP contribution is -2.30. The first-order valence-electron chi connectivity index (χ1n) is 6.78. The number of hydrogen-bond donors (Lipinski definition) is 1. The fraction of sp³-hybridized carbons (Fsp3) is 0.571. The van der Waals surface area contributed by atoms with Crippen molar-refractivity contribution >= 4 is 5.69 Å². The van der Waals surface area contributed by atoms with Crippen LogP contribution in [0.3, 0.4) is 0 Å². The van der Waals surface area contributed by atoms with Gasteiger partial charge in [-0.25, -0.2) is 0 Å². The van der Waals surface area contributed by atoms with Gasteiger partial charge in [0.15, 0.2) is 0 Å². The number of piperidine rings is 1. The number of nitro benzene ring substituents is 1. The molecule has 1 aromatic rings. The molecule has 0 saturated carbocycles. The van der Waals surface area contributed by atoms with Crippen molar-refractivity contribution in [3.8, 4) is 0 Å². The first kappa shape index (κ1) is 14.0. The predicted molar refractivity (Wildman–Crippen MR) is 73.2 cm³/mol. The topological polar surface area (TPSA) is 64.4 Å². The maximum absolute atomic E-state index is 10.9. The summed E-state index contributed by atoms with van der Waals surface area (Å²) in [6.45, 7) is 3.45. The number of nitrogens with one attached hydrogen (secondary N) is 1. The van der Waals surface area contributed by atoms with E-state index in [0.29, 0.717) is 18.9 Å². The Kier molecular flexibility index (Phi) is 5.30. The monoisotopic (exact) mass is 264 g/mol. The zero-order chi connectivity index (χ0) is 13.5. The van der Waals surface area contributed by atoms with Crippen LogP contribution in [-0.4, -0.2) is 31.2 Å². The van der Waals surface area contributed by atoms with Gasteiger partial charge in [-0.05, 0) is 31.8 Å². The van der Waals surface area contributed by atoms with Crippen molar-refractivity contribution in [2.75, 3.05) is 26.3 Å². The van der Waals surface area contributed by atoms with Crippen molar-refractivity contribution in [1.29, 1.82) is 0 Å². The lowest BCUT2D eigenvalue weighted by molar-refractivity contribution is -0.385. The zero-order valence-corrected chi connectivity index (χ0v) is 11.0. The van der Waals surface area contributed by atoms with Crippen molar-refractivity contribution in [3.05, 3.63) is 39.9 Å². The summed E-state index contributed by atoms with van der Waals surface area (Å²) < 4.78 is 5.66. The van der Waals surface area contributed by atoms with Gasteiger partial charge < -0.3 is 10.1 Å². The van der Waals surface area contributed by atoms with Crippen LogP contribution < -0.4 is 5.32 Å². The Morgan fingerprint density at radius 1 is 1.32 bits per heavy atom. The summed E-state index contributed by atoms with van der Waals surface area (Å²) in [6, 6.07) is 6.86. The standard InChI is InChI=1S/C14H20N2O3/c17-16(18)14-4-2-1-3-13(14)7-10-19-11-12-5-8-15-9-6-12/h1-4,12,15H,5-11H2. The molecule has 1 aliphatic rings. The summed E-state index contributed by atoms with van der Waals surface area (Å²) >= 11 is 0. The molecule has 1 saturated heterocycles. The van der Waals surface area contributed by atoms with Gasteiger partial charge in [0.1, 0.15) is 0 Å². The minimum absolute atomic E-state index is 0.188. The molecule has 104 valence electrons. The quantitative estimate of drug-likeness (QED) is 0.486. The van der Waals surface area contributed by atoms with Crippen LogP contribution in [0.5, 0.6) is 0 Å². The lowest BCUT2D eigenvalue weighted by Gasteiger charge is -2.22. The average Bonchev–Trinajstić information content (AvgIpc) is 2.45. The van der Waals surface area contributed by atoms with Gasteiger partial charge in [-0.1, -0.05) is 18.2 Å². The van der Waals surface area contributed by atoms with Crippen LogP contribution in [0.1, 0.15) is 18.4 Å². The Labute approximate surface area is 113 Å². The highest BCUT2D eigenvalue weighted by Crippen LogP contribution is 2.18. The molecule has 5 nitrogen and oxygen atoms in total. The first-order valence-corrected chi connectivity index (χ1v) is 6.78. The molecule has 1 fully saturated rings. The van der Waals surface area contributed by atoms with Crippen molar-refractivity contribution < 1.29 is 9.66 Å². The highest BCUT2D eigenvalue weighted by molar-refractivity contribution is 5.39. The van der Waals surface area contributed by atoms with E-state index in [1.807, 2.05) is 6.07 Å². The van der Waals surface area contributed by atoms with E-state index in [9.17, 15) is 10.1 Å². The second-order valence-electron chi connectivity index (χ2n) is 4.90. The summed E-state index contributed by atoms with van der Waals surface area (Å²) in [5, 5.41) is 14.2. The van der Waals surface area contributed by atoms with Crippen LogP contribution in [-0.2, 0) is 11.2 Å². The van der Waals surface area contributed by atoms with Gasteiger partial charge in [0.2, 0.25) is 0 Å². The molecule has 1 N–H and O–H groups in total. The number of benzene rings is 1. The van der Waals surface area contributed by atoms with Gasteiger partial charge in [-0.2, -0.15) is 0 Å². The molecule has 1 aromatic carbocycles. The van der Waals surface area contributed by atoms with Crippen molar-refractivity contribution in [1.82, 2.24) is 5.32 Å². The molecule has 1 aliphatic heterocycles. The van der Waals surface area contributed by atoms with E-state index in [0.717, 1.165) is 38.1 Å². The van der Waals surface area contributed by atoms with Gasteiger partial charge in [0, 0.05) is 24.7 Å². The molecule has 0 spiro atoms. The summed E-state index contributed by atoms with van der Waals surface area (Å²) in [6.07, 6.45) is 2.92. The molecule has 0 bridgehead atoms. The molecule has 1 heterocycles. The average molecular weight is 264 g/mol. The number of para-hydroxylation sites is 1.